The van der Waals surface area contributed by atoms with E-state index in [0.717, 1.165) is 0 Å². The first-order valence-electron chi connectivity index (χ1n) is 8.38. The molecular weight excluding hydrogens is 310 g/mol. The molecule has 3 heterocycles. The number of likely N-dealkylation sites (tertiary alicyclic amines) is 1. The molecular formula is C17H23N3O4. The van der Waals surface area contributed by atoms with Crippen molar-refractivity contribution in [3.63, 3.8) is 0 Å². The van der Waals surface area contributed by atoms with E-state index in [-0.39, 0.29) is 35.8 Å². The standard InChI is InChI=1S/C17H23N3O4/c1-10-7-13(19-16(22)8-12-4-6-15(21)18-12)9-20(10)17(23)14-5-3-11(2)24-14/h3,5,10,12-13H,4,6-9H2,1-2H3,(H,18,21)(H,19,22). The molecule has 130 valence electrons. The van der Waals surface area contributed by atoms with Crippen LogP contribution in [0.5, 0.6) is 0 Å². The van der Waals surface area contributed by atoms with E-state index >= 15 is 0 Å². The molecule has 2 aliphatic heterocycles. The molecule has 1 aromatic rings. The molecule has 1 aromatic heterocycles. The minimum atomic E-state index is -0.143. The van der Waals surface area contributed by atoms with Crippen molar-refractivity contribution >= 4 is 17.7 Å². The van der Waals surface area contributed by atoms with Gasteiger partial charge in [0.05, 0.1) is 0 Å². The molecule has 7 nitrogen and oxygen atoms in total. The van der Waals surface area contributed by atoms with E-state index in [1.54, 1.807) is 24.0 Å². The molecule has 2 N–H and O–H groups in total. The molecule has 24 heavy (non-hydrogen) atoms. The average Bonchev–Trinajstić information content (AvgIpc) is 3.20. The maximum absolute atomic E-state index is 12.5. The summed E-state index contributed by atoms with van der Waals surface area (Å²) in [7, 11) is 0. The third-order valence-corrected chi connectivity index (χ3v) is 4.67. The van der Waals surface area contributed by atoms with Crippen LogP contribution in [-0.2, 0) is 9.59 Å². The Morgan fingerprint density at radius 3 is 2.83 bits per heavy atom. The smallest absolute Gasteiger partial charge is 0.289 e. The van der Waals surface area contributed by atoms with Crippen molar-refractivity contribution in [2.45, 2.75) is 57.7 Å². The maximum atomic E-state index is 12.5. The first-order valence-corrected chi connectivity index (χ1v) is 8.38. The van der Waals surface area contributed by atoms with E-state index in [1.807, 2.05) is 6.92 Å². The Hall–Kier alpha value is -2.31. The summed E-state index contributed by atoms with van der Waals surface area (Å²) in [4.78, 5) is 37.5. The van der Waals surface area contributed by atoms with E-state index in [0.29, 0.717) is 43.7 Å². The second kappa shape index (κ2) is 6.67. The molecule has 2 fully saturated rings. The highest BCUT2D eigenvalue weighted by Gasteiger charge is 2.35. The highest BCUT2D eigenvalue weighted by molar-refractivity contribution is 5.92. The lowest BCUT2D eigenvalue weighted by atomic mass is 10.1. The number of nitrogens with one attached hydrogen (secondary N) is 2. The van der Waals surface area contributed by atoms with Crippen molar-refractivity contribution in [1.82, 2.24) is 15.5 Å². The van der Waals surface area contributed by atoms with Crippen LogP contribution in [-0.4, -0.2) is 47.3 Å². The van der Waals surface area contributed by atoms with Crippen molar-refractivity contribution in [3.8, 4) is 0 Å². The zero-order chi connectivity index (χ0) is 17.3. The molecule has 3 unspecified atom stereocenters. The van der Waals surface area contributed by atoms with Gasteiger partial charge in [0.1, 0.15) is 5.76 Å². The van der Waals surface area contributed by atoms with Gasteiger partial charge in [0.25, 0.3) is 5.91 Å². The molecule has 0 aromatic carbocycles. The van der Waals surface area contributed by atoms with Crippen LogP contribution in [0, 0.1) is 6.92 Å². The Morgan fingerprint density at radius 1 is 1.42 bits per heavy atom. The second-order valence-electron chi connectivity index (χ2n) is 6.72. The number of hydrogen-bond donors (Lipinski definition) is 2. The van der Waals surface area contributed by atoms with Gasteiger partial charge >= 0.3 is 0 Å². The molecule has 0 spiro atoms. The number of carbonyl (C=O) groups excluding carboxylic acids is 3. The van der Waals surface area contributed by atoms with E-state index in [4.69, 9.17) is 4.42 Å². The van der Waals surface area contributed by atoms with E-state index in [2.05, 4.69) is 10.6 Å². The van der Waals surface area contributed by atoms with Gasteiger partial charge in [-0.25, -0.2) is 0 Å². The van der Waals surface area contributed by atoms with Gasteiger partial charge < -0.3 is 20.0 Å². The number of nitrogens with zero attached hydrogens (tertiary/aromatic N) is 1. The van der Waals surface area contributed by atoms with Crippen molar-refractivity contribution in [2.24, 2.45) is 0 Å². The monoisotopic (exact) mass is 333 g/mol. The fourth-order valence-electron chi connectivity index (χ4n) is 3.45. The summed E-state index contributed by atoms with van der Waals surface area (Å²) in [6.07, 6.45) is 2.20. The lowest BCUT2D eigenvalue weighted by Gasteiger charge is -2.20. The maximum Gasteiger partial charge on any atom is 0.289 e. The summed E-state index contributed by atoms with van der Waals surface area (Å²) in [5, 5.41) is 5.77. The fourth-order valence-corrected chi connectivity index (χ4v) is 3.45. The normalized spacial score (nSPS) is 26.5. The number of carbonyl (C=O) groups is 3. The second-order valence-corrected chi connectivity index (χ2v) is 6.72. The van der Waals surface area contributed by atoms with Crippen molar-refractivity contribution in [3.05, 3.63) is 23.7 Å². The third-order valence-electron chi connectivity index (χ3n) is 4.67. The highest BCUT2D eigenvalue weighted by atomic mass is 16.3. The van der Waals surface area contributed by atoms with Crippen LogP contribution in [0.4, 0.5) is 0 Å². The summed E-state index contributed by atoms with van der Waals surface area (Å²) < 4.78 is 5.40. The molecule has 3 rings (SSSR count). The Bertz CT molecular complexity index is 654. The molecule has 0 radical (unpaired) electrons. The third kappa shape index (κ3) is 3.60. The van der Waals surface area contributed by atoms with Gasteiger partial charge in [0.15, 0.2) is 5.76 Å². The largest absolute Gasteiger partial charge is 0.456 e. The number of rotatable bonds is 4. The molecule has 2 aliphatic rings. The Morgan fingerprint density at radius 2 is 2.21 bits per heavy atom. The molecule has 3 amide bonds. The van der Waals surface area contributed by atoms with Crippen LogP contribution in [0.25, 0.3) is 0 Å². The summed E-state index contributed by atoms with van der Waals surface area (Å²) in [5.74, 6) is 0.819. The number of aryl methyl sites for hydroxylation is 1. The lowest BCUT2D eigenvalue weighted by Crippen LogP contribution is -2.41. The number of amides is 3. The van der Waals surface area contributed by atoms with Gasteiger partial charge in [-0.1, -0.05) is 0 Å². The van der Waals surface area contributed by atoms with Crippen molar-refractivity contribution < 1.29 is 18.8 Å². The van der Waals surface area contributed by atoms with Crippen LogP contribution >= 0.6 is 0 Å². The first kappa shape index (κ1) is 16.5. The fraction of sp³-hybridized carbons (Fsp3) is 0.588. The SMILES string of the molecule is Cc1ccc(C(=O)N2CC(NC(=O)CC3CCC(=O)N3)CC2C)o1. The predicted molar refractivity (Wildman–Crippen MR) is 86.3 cm³/mol. The molecule has 2 saturated heterocycles. The van der Waals surface area contributed by atoms with E-state index < -0.39 is 0 Å². The van der Waals surface area contributed by atoms with Crippen LogP contribution in [0.1, 0.15) is 48.9 Å². The van der Waals surface area contributed by atoms with Gasteiger partial charge in [-0.15, -0.1) is 0 Å². The van der Waals surface area contributed by atoms with Gasteiger partial charge in [0, 0.05) is 37.5 Å². The Balaban J connectivity index is 1.52. The Kier molecular flexibility index (Phi) is 4.59. The van der Waals surface area contributed by atoms with Gasteiger partial charge in [0.2, 0.25) is 11.8 Å². The molecule has 7 heteroatoms. The highest BCUT2D eigenvalue weighted by Crippen LogP contribution is 2.21. The average molecular weight is 333 g/mol. The molecule has 3 atom stereocenters. The van der Waals surface area contributed by atoms with Crippen molar-refractivity contribution in [2.75, 3.05) is 6.54 Å². The zero-order valence-corrected chi connectivity index (χ0v) is 14.0. The number of hydrogen-bond acceptors (Lipinski definition) is 4. The van der Waals surface area contributed by atoms with Gasteiger partial charge in [-0.05, 0) is 38.8 Å². The summed E-state index contributed by atoms with van der Waals surface area (Å²) in [6.45, 7) is 4.24. The first-order chi connectivity index (χ1) is 11.4. The van der Waals surface area contributed by atoms with Crippen LogP contribution < -0.4 is 10.6 Å². The van der Waals surface area contributed by atoms with E-state index in [1.165, 1.54) is 0 Å². The van der Waals surface area contributed by atoms with Gasteiger partial charge in [-0.3, -0.25) is 14.4 Å². The van der Waals surface area contributed by atoms with Crippen LogP contribution in [0.2, 0.25) is 0 Å². The summed E-state index contributed by atoms with van der Waals surface area (Å²) in [6, 6.07) is 3.35. The van der Waals surface area contributed by atoms with Crippen LogP contribution in [0.3, 0.4) is 0 Å². The van der Waals surface area contributed by atoms with Crippen molar-refractivity contribution in [1.29, 1.82) is 0 Å². The molecule has 0 aliphatic carbocycles. The number of furan rings is 1. The quantitative estimate of drug-likeness (QED) is 0.859. The predicted octanol–water partition coefficient (Wildman–Crippen LogP) is 0.976. The minimum absolute atomic E-state index is 0.00722. The van der Waals surface area contributed by atoms with Gasteiger partial charge in [-0.2, -0.15) is 0 Å². The minimum Gasteiger partial charge on any atom is -0.456 e. The topological polar surface area (TPSA) is 91.7 Å². The summed E-state index contributed by atoms with van der Waals surface area (Å²) >= 11 is 0. The van der Waals surface area contributed by atoms with Crippen LogP contribution in [0.15, 0.2) is 16.5 Å². The molecule has 0 bridgehead atoms. The molecule has 0 saturated carbocycles. The Labute approximate surface area is 140 Å². The zero-order valence-electron chi connectivity index (χ0n) is 14.0. The summed E-state index contributed by atoms with van der Waals surface area (Å²) in [5.41, 5.74) is 0. The lowest BCUT2D eigenvalue weighted by molar-refractivity contribution is -0.122. The van der Waals surface area contributed by atoms with E-state index in [9.17, 15) is 14.4 Å².